The largest absolute Gasteiger partial charge is 0.343 e. The molecule has 1 aromatic rings. The fraction of sp³-hybridized carbons (Fsp3) is 0.769. The highest BCUT2D eigenvalue weighted by Gasteiger charge is 2.37. The number of halogens is 2. The predicted octanol–water partition coefficient (Wildman–Crippen LogP) is 7.54. The summed E-state index contributed by atoms with van der Waals surface area (Å²) < 4.78 is 38.0. The zero-order valence-electron chi connectivity index (χ0n) is 19.9. The van der Waals surface area contributed by atoms with Gasteiger partial charge in [-0.15, -0.1) is 0 Å². The average molecular weight is 443 g/mol. The van der Waals surface area contributed by atoms with Crippen molar-refractivity contribution in [3.8, 4) is 0 Å². The number of aliphatic hydroxyl groups is 1. The number of aryl methyl sites for hydroxylation is 1. The summed E-state index contributed by atoms with van der Waals surface area (Å²) in [5, 5.41) is 11.0. The number of benzene rings is 1. The van der Waals surface area contributed by atoms with Crippen molar-refractivity contribution < 1.29 is 23.4 Å². The highest BCUT2D eigenvalue weighted by molar-refractivity contribution is 5.18. The zero-order chi connectivity index (χ0) is 23.0. The number of ether oxygens (including phenoxy) is 2. The number of unbranched alkanes of at least 4 members (excludes halogenated alkanes) is 8. The van der Waals surface area contributed by atoms with Crippen LogP contribution in [-0.2, 0) is 15.9 Å². The molecule has 0 fully saturated rings. The van der Waals surface area contributed by atoms with Crippen LogP contribution in [0.4, 0.5) is 8.78 Å². The van der Waals surface area contributed by atoms with E-state index < -0.39 is 17.6 Å². The minimum atomic E-state index is -1.51. The van der Waals surface area contributed by atoms with Crippen LogP contribution in [0.15, 0.2) is 18.2 Å². The molecule has 1 atom stereocenters. The fourth-order valence-electron chi connectivity index (χ4n) is 4.16. The minimum absolute atomic E-state index is 0.0480. The summed E-state index contributed by atoms with van der Waals surface area (Å²) in [4.78, 5) is 0. The topological polar surface area (TPSA) is 38.7 Å². The second-order valence-electron chi connectivity index (χ2n) is 8.44. The van der Waals surface area contributed by atoms with Crippen LogP contribution in [0.1, 0.15) is 103 Å². The van der Waals surface area contributed by atoms with E-state index in [1.807, 2.05) is 13.8 Å². The molecule has 0 saturated carbocycles. The first-order valence-corrected chi connectivity index (χ1v) is 12.4. The first kappa shape index (κ1) is 28.0. The molecule has 180 valence electrons. The van der Waals surface area contributed by atoms with E-state index in [0.717, 1.165) is 51.0 Å². The van der Waals surface area contributed by atoms with Crippen LogP contribution in [0.2, 0.25) is 0 Å². The van der Waals surface area contributed by atoms with E-state index in [-0.39, 0.29) is 5.92 Å². The molecule has 0 saturated heterocycles. The van der Waals surface area contributed by atoms with Gasteiger partial charge in [-0.2, -0.15) is 0 Å². The van der Waals surface area contributed by atoms with Crippen LogP contribution in [0, 0.1) is 17.6 Å². The highest BCUT2D eigenvalue weighted by atomic mass is 19.1. The molecular weight excluding hydrogens is 398 g/mol. The summed E-state index contributed by atoms with van der Waals surface area (Å²) in [5.41, 5.74) is 0.574. The maximum Gasteiger partial charge on any atom is 0.283 e. The molecule has 5 heteroatoms. The Morgan fingerprint density at radius 2 is 1.35 bits per heavy atom. The quantitative estimate of drug-likeness (QED) is 0.178. The van der Waals surface area contributed by atoms with Crippen molar-refractivity contribution >= 4 is 0 Å². The summed E-state index contributed by atoms with van der Waals surface area (Å²) in [5.74, 6) is -2.55. The van der Waals surface area contributed by atoms with Crippen LogP contribution in [0.5, 0.6) is 0 Å². The SMILES string of the molecule is CCCCCCCCC(CCCCCCc1ccc(F)cc1F)C(O)(OCC)OCC. The van der Waals surface area contributed by atoms with Gasteiger partial charge < -0.3 is 14.6 Å². The molecule has 3 nitrogen and oxygen atoms in total. The van der Waals surface area contributed by atoms with Crippen molar-refractivity contribution in [3.63, 3.8) is 0 Å². The summed E-state index contributed by atoms with van der Waals surface area (Å²) in [6.45, 7) is 6.79. The second-order valence-corrected chi connectivity index (χ2v) is 8.44. The molecule has 1 rings (SSSR count). The molecule has 0 bridgehead atoms. The van der Waals surface area contributed by atoms with Gasteiger partial charge >= 0.3 is 0 Å². The molecule has 0 aliphatic heterocycles. The van der Waals surface area contributed by atoms with Gasteiger partial charge in [0.05, 0.1) is 0 Å². The van der Waals surface area contributed by atoms with Gasteiger partial charge in [0.15, 0.2) is 0 Å². The van der Waals surface area contributed by atoms with Crippen LogP contribution < -0.4 is 0 Å². The summed E-state index contributed by atoms with van der Waals surface area (Å²) in [7, 11) is 0. The van der Waals surface area contributed by atoms with E-state index >= 15 is 0 Å². The molecule has 0 aliphatic rings. The van der Waals surface area contributed by atoms with Crippen LogP contribution >= 0.6 is 0 Å². The first-order valence-electron chi connectivity index (χ1n) is 12.4. The third-order valence-corrected chi connectivity index (χ3v) is 5.89. The molecule has 0 aromatic heterocycles. The van der Waals surface area contributed by atoms with Crippen molar-refractivity contribution in [2.75, 3.05) is 13.2 Å². The van der Waals surface area contributed by atoms with Gasteiger partial charge in [0, 0.05) is 25.2 Å². The molecule has 1 N–H and O–H groups in total. The van der Waals surface area contributed by atoms with Gasteiger partial charge in [-0.25, -0.2) is 8.78 Å². The molecule has 1 aromatic carbocycles. The van der Waals surface area contributed by atoms with Gasteiger partial charge in [-0.3, -0.25) is 0 Å². The zero-order valence-corrected chi connectivity index (χ0v) is 19.9. The van der Waals surface area contributed by atoms with Crippen LogP contribution in [0.25, 0.3) is 0 Å². The van der Waals surface area contributed by atoms with Crippen molar-refractivity contribution in [3.05, 3.63) is 35.4 Å². The first-order chi connectivity index (χ1) is 15.0. The van der Waals surface area contributed by atoms with Gasteiger partial charge in [-0.1, -0.05) is 70.8 Å². The van der Waals surface area contributed by atoms with E-state index in [4.69, 9.17) is 9.47 Å². The standard InChI is InChI=1S/C26H44F2O3/c1-4-7-8-9-10-14-17-23(26(29,30-5-2)31-6-3)18-15-12-11-13-16-22-19-20-24(27)21-25(22)28/h19-21,23,29H,4-18H2,1-3H3. The molecular formula is C26H44F2O3. The Balaban J connectivity index is 2.44. The van der Waals surface area contributed by atoms with Crippen molar-refractivity contribution in [1.29, 1.82) is 0 Å². The Labute approximate surface area is 188 Å². The second kappa shape index (κ2) is 16.6. The Morgan fingerprint density at radius 1 is 0.806 bits per heavy atom. The van der Waals surface area contributed by atoms with E-state index in [1.165, 1.54) is 44.2 Å². The lowest BCUT2D eigenvalue weighted by molar-refractivity contribution is -0.385. The average Bonchev–Trinajstić information content (AvgIpc) is 2.73. The third kappa shape index (κ3) is 11.4. The lowest BCUT2D eigenvalue weighted by atomic mass is 9.91. The molecule has 0 heterocycles. The molecule has 1 unspecified atom stereocenters. The molecule has 0 radical (unpaired) electrons. The van der Waals surface area contributed by atoms with E-state index in [2.05, 4.69) is 6.92 Å². The lowest BCUT2D eigenvalue weighted by Gasteiger charge is -2.35. The molecule has 0 aliphatic carbocycles. The minimum Gasteiger partial charge on any atom is -0.343 e. The van der Waals surface area contributed by atoms with Crippen LogP contribution in [0.3, 0.4) is 0 Å². The number of hydrogen-bond donors (Lipinski definition) is 1. The number of hydrogen-bond acceptors (Lipinski definition) is 3. The molecule has 0 amide bonds. The Hall–Kier alpha value is -1.04. The maximum atomic E-state index is 13.7. The Morgan fingerprint density at radius 3 is 1.90 bits per heavy atom. The fourth-order valence-corrected chi connectivity index (χ4v) is 4.16. The summed E-state index contributed by atoms with van der Waals surface area (Å²) >= 11 is 0. The number of rotatable bonds is 19. The Kier molecular flexibility index (Phi) is 15.0. The van der Waals surface area contributed by atoms with E-state index in [9.17, 15) is 13.9 Å². The van der Waals surface area contributed by atoms with E-state index in [1.54, 1.807) is 0 Å². The van der Waals surface area contributed by atoms with Gasteiger partial charge in [0.1, 0.15) is 11.6 Å². The molecule has 0 spiro atoms. The van der Waals surface area contributed by atoms with Crippen molar-refractivity contribution in [2.45, 2.75) is 110 Å². The van der Waals surface area contributed by atoms with Crippen LogP contribution in [-0.4, -0.2) is 24.3 Å². The smallest absolute Gasteiger partial charge is 0.283 e. The van der Waals surface area contributed by atoms with Gasteiger partial charge in [0.25, 0.3) is 5.97 Å². The van der Waals surface area contributed by atoms with E-state index in [0.29, 0.717) is 25.2 Å². The third-order valence-electron chi connectivity index (χ3n) is 5.89. The normalized spacial score (nSPS) is 13.0. The van der Waals surface area contributed by atoms with Crippen molar-refractivity contribution in [1.82, 2.24) is 0 Å². The summed E-state index contributed by atoms with van der Waals surface area (Å²) in [6, 6.07) is 3.80. The lowest BCUT2D eigenvalue weighted by Crippen LogP contribution is -2.44. The van der Waals surface area contributed by atoms with Crippen molar-refractivity contribution in [2.24, 2.45) is 5.92 Å². The Bertz CT molecular complexity index is 574. The summed E-state index contributed by atoms with van der Waals surface area (Å²) in [6.07, 6.45) is 13.5. The molecule has 31 heavy (non-hydrogen) atoms. The highest BCUT2D eigenvalue weighted by Crippen LogP contribution is 2.31. The monoisotopic (exact) mass is 442 g/mol. The van der Waals surface area contributed by atoms with Gasteiger partial charge in [-0.05, 0) is 51.2 Å². The maximum absolute atomic E-state index is 13.7. The van der Waals surface area contributed by atoms with Gasteiger partial charge in [0.2, 0.25) is 0 Å². The predicted molar refractivity (Wildman–Crippen MR) is 123 cm³/mol.